The van der Waals surface area contributed by atoms with E-state index in [2.05, 4.69) is 15.5 Å². The highest BCUT2D eigenvalue weighted by Crippen LogP contribution is 2.22. The molecule has 0 unspecified atom stereocenters. The lowest BCUT2D eigenvalue weighted by Crippen LogP contribution is -2.23. The number of aryl methyl sites for hydroxylation is 2. The Labute approximate surface area is 121 Å². The van der Waals surface area contributed by atoms with Gasteiger partial charge in [0.25, 0.3) is 0 Å². The third kappa shape index (κ3) is 3.30. The number of hydrogen-bond donors (Lipinski definition) is 2. The summed E-state index contributed by atoms with van der Waals surface area (Å²) in [7, 11) is 0. The van der Waals surface area contributed by atoms with Crippen molar-refractivity contribution in [2.45, 2.75) is 31.2 Å². The van der Waals surface area contributed by atoms with Crippen molar-refractivity contribution in [1.82, 2.24) is 14.9 Å². The van der Waals surface area contributed by atoms with Gasteiger partial charge in [0.1, 0.15) is 6.33 Å². The van der Waals surface area contributed by atoms with E-state index in [1.807, 2.05) is 32.0 Å². The maximum atomic E-state index is 12.2. The van der Waals surface area contributed by atoms with Crippen molar-refractivity contribution in [2.75, 3.05) is 11.2 Å². The van der Waals surface area contributed by atoms with E-state index in [-0.39, 0.29) is 11.2 Å². The van der Waals surface area contributed by atoms with Crippen LogP contribution in [0, 0.1) is 13.8 Å². The molecule has 2 aromatic rings. The second-order valence-corrected chi connectivity index (χ2v) is 5.90. The smallest absolute Gasteiger partial charge is 0.237 e. The summed E-state index contributed by atoms with van der Waals surface area (Å²) in [6.07, 6.45) is 1.40. The van der Waals surface area contributed by atoms with Gasteiger partial charge in [0, 0.05) is 5.69 Å². The Bertz CT molecular complexity index is 625. The number of nitrogens with one attached hydrogen (secondary N) is 1. The van der Waals surface area contributed by atoms with Gasteiger partial charge in [-0.05, 0) is 32.4 Å². The molecule has 1 heterocycles. The number of carbonyl (C=O) groups is 1. The summed E-state index contributed by atoms with van der Waals surface area (Å²) in [4.78, 5) is 12.2. The average Bonchev–Trinajstić information content (AvgIpc) is 2.78. The highest BCUT2D eigenvalue weighted by atomic mass is 32.2. The number of nitrogen functional groups attached to an aromatic ring is 1. The number of anilines is 1. The van der Waals surface area contributed by atoms with Crippen LogP contribution in [-0.4, -0.2) is 26.0 Å². The van der Waals surface area contributed by atoms with Crippen LogP contribution >= 0.6 is 11.8 Å². The maximum absolute atomic E-state index is 12.2. The summed E-state index contributed by atoms with van der Waals surface area (Å²) in [5, 5.41) is 10.6. The van der Waals surface area contributed by atoms with E-state index in [9.17, 15) is 4.79 Å². The number of hydrogen-bond acceptors (Lipinski definition) is 5. The van der Waals surface area contributed by atoms with E-state index in [0.29, 0.717) is 5.16 Å². The van der Waals surface area contributed by atoms with Crippen molar-refractivity contribution in [1.29, 1.82) is 0 Å². The molecule has 1 aromatic heterocycles. The Morgan fingerprint density at radius 1 is 1.45 bits per heavy atom. The third-order valence-electron chi connectivity index (χ3n) is 2.83. The molecule has 3 N–H and O–H groups in total. The van der Waals surface area contributed by atoms with Gasteiger partial charge in [-0.2, -0.15) is 0 Å². The lowest BCUT2D eigenvalue weighted by molar-refractivity contribution is -0.115. The summed E-state index contributed by atoms with van der Waals surface area (Å²) in [5.74, 6) is 5.53. The second-order valence-electron chi connectivity index (χ2n) is 4.59. The Kier molecular flexibility index (Phi) is 4.29. The zero-order valence-corrected chi connectivity index (χ0v) is 12.4. The van der Waals surface area contributed by atoms with Gasteiger partial charge in [0.05, 0.1) is 5.25 Å². The van der Waals surface area contributed by atoms with Crippen molar-refractivity contribution in [2.24, 2.45) is 0 Å². The SMILES string of the molecule is Cc1ccc(NC(=O)[C@@H](C)Sc2nncn2N)c(C)c1. The number of amides is 1. The molecule has 0 spiro atoms. The number of benzene rings is 1. The van der Waals surface area contributed by atoms with Crippen LogP contribution in [0.2, 0.25) is 0 Å². The van der Waals surface area contributed by atoms with Crippen molar-refractivity contribution in [3.63, 3.8) is 0 Å². The Hall–Kier alpha value is -2.02. The maximum Gasteiger partial charge on any atom is 0.237 e. The van der Waals surface area contributed by atoms with Crippen molar-refractivity contribution in [3.8, 4) is 0 Å². The highest BCUT2D eigenvalue weighted by Gasteiger charge is 2.18. The first-order chi connectivity index (χ1) is 9.47. The van der Waals surface area contributed by atoms with Crippen LogP contribution in [0.5, 0.6) is 0 Å². The Morgan fingerprint density at radius 3 is 2.80 bits per heavy atom. The fourth-order valence-corrected chi connectivity index (χ4v) is 2.46. The van der Waals surface area contributed by atoms with Crippen LogP contribution in [0.3, 0.4) is 0 Å². The Morgan fingerprint density at radius 2 is 2.20 bits per heavy atom. The molecule has 1 aromatic carbocycles. The molecule has 1 atom stereocenters. The summed E-state index contributed by atoms with van der Waals surface area (Å²) in [5.41, 5.74) is 3.03. The molecule has 20 heavy (non-hydrogen) atoms. The van der Waals surface area contributed by atoms with E-state index in [1.54, 1.807) is 6.92 Å². The van der Waals surface area contributed by atoms with E-state index >= 15 is 0 Å². The molecule has 1 amide bonds. The molecule has 0 saturated heterocycles. The molecule has 0 aliphatic carbocycles. The summed E-state index contributed by atoms with van der Waals surface area (Å²) >= 11 is 1.27. The van der Waals surface area contributed by atoms with Crippen molar-refractivity contribution >= 4 is 23.4 Å². The third-order valence-corrected chi connectivity index (χ3v) is 3.90. The number of nitrogens with zero attached hydrogens (tertiary/aromatic N) is 3. The van der Waals surface area contributed by atoms with Gasteiger partial charge in [-0.3, -0.25) is 4.79 Å². The zero-order chi connectivity index (χ0) is 14.7. The predicted molar refractivity (Wildman–Crippen MR) is 80.0 cm³/mol. The molecule has 0 bridgehead atoms. The minimum absolute atomic E-state index is 0.0926. The molecule has 2 rings (SSSR count). The zero-order valence-electron chi connectivity index (χ0n) is 11.6. The number of aromatic nitrogens is 3. The van der Waals surface area contributed by atoms with Crippen LogP contribution in [0.25, 0.3) is 0 Å². The van der Waals surface area contributed by atoms with E-state index in [1.165, 1.54) is 28.3 Å². The number of thioether (sulfide) groups is 1. The average molecular weight is 291 g/mol. The largest absolute Gasteiger partial charge is 0.336 e. The Balaban J connectivity index is 2.02. The second kappa shape index (κ2) is 5.96. The summed E-state index contributed by atoms with van der Waals surface area (Å²) < 4.78 is 1.30. The molecule has 106 valence electrons. The van der Waals surface area contributed by atoms with Crippen LogP contribution < -0.4 is 11.2 Å². The molecule has 0 saturated carbocycles. The highest BCUT2D eigenvalue weighted by molar-refractivity contribution is 8.00. The van der Waals surface area contributed by atoms with Crippen molar-refractivity contribution < 1.29 is 4.79 Å². The van der Waals surface area contributed by atoms with Gasteiger partial charge in [0.15, 0.2) is 0 Å². The minimum Gasteiger partial charge on any atom is -0.336 e. The first kappa shape index (κ1) is 14.4. The molecule has 0 radical (unpaired) electrons. The fraction of sp³-hybridized carbons (Fsp3) is 0.308. The van der Waals surface area contributed by atoms with Crippen LogP contribution in [0.1, 0.15) is 18.1 Å². The van der Waals surface area contributed by atoms with Crippen molar-refractivity contribution in [3.05, 3.63) is 35.7 Å². The first-order valence-electron chi connectivity index (χ1n) is 6.17. The number of rotatable bonds is 4. The summed E-state index contributed by atoms with van der Waals surface area (Å²) in [6, 6.07) is 5.91. The predicted octanol–water partition coefficient (Wildman–Crippen LogP) is 1.73. The monoisotopic (exact) mass is 291 g/mol. The standard InChI is InChI=1S/C13H17N5OS/c1-8-4-5-11(9(2)6-8)16-12(19)10(3)20-13-17-15-7-18(13)14/h4-7,10H,14H2,1-3H3,(H,16,19)/t10-/m1/s1. The quantitative estimate of drug-likeness (QED) is 0.662. The molecular formula is C13H17N5OS. The lowest BCUT2D eigenvalue weighted by Gasteiger charge is -2.13. The van der Waals surface area contributed by atoms with Crippen LogP contribution in [0.15, 0.2) is 29.7 Å². The normalized spacial score (nSPS) is 12.2. The van der Waals surface area contributed by atoms with Gasteiger partial charge in [-0.1, -0.05) is 29.5 Å². The molecule has 7 heteroatoms. The van der Waals surface area contributed by atoms with Gasteiger partial charge in [-0.25, -0.2) is 4.68 Å². The summed E-state index contributed by atoms with van der Waals surface area (Å²) in [6.45, 7) is 5.79. The first-order valence-corrected chi connectivity index (χ1v) is 7.05. The molecule has 0 aliphatic heterocycles. The van der Waals surface area contributed by atoms with E-state index in [0.717, 1.165) is 11.3 Å². The minimum atomic E-state index is -0.317. The van der Waals surface area contributed by atoms with Gasteiger partial charge < -0.3 is 11.2 Å². The van der Waals surface area contributed by atoms with E-state index < -0.39 is 0 Å². The van der Waals surface area contributed by atoms with Crippen LogP contribution in [0.4, 0.5) is 5.69 Å². The molecule has 6 nitrogen and oxygen atoms in total. The number of carbonyl (C=O) groups excluding carboxylic acids is 1. The van der Waals surface area contributed by atoms with Gasteiger partial charge >= 0.3 is 0 Å². The molecule has 0 aliphatic rings. The molecule has 0 fully saturated rings. The fourth-order valence-electron chi connectivity index (χ4n) is 1.72. The van der Waals surface area contributed by atoms with E-state index in [4.69, 9.17) is 5.84 Å². The topological polar surface area (TPSA) is 85.8 Å². The van der Waals surface area contributed by atoms with Crippen LogP contribution in [-0.2, 0) is 4.79 Å². The van der Waals surface area contributed by atoms with Gasteiger partial charge in [-0.15, -0.1) is 10.2 Å². The number of nitrogens with two attached hydrogens (primary N) is 1. The molecular weight excluding hydrogens is 274 g/mol. The lowest BCUT2D eigenvalue weighted by atomic mass is 10.1. The van der Waals surface area contributed by atoms with Gasteiger partial charge in [0.2, 0.25) is 11.1 Å².